The van der Waals surface area contributed by atoms with Crippen molar-refractivity contribution in [2.45, 2.75) is 6.54 Å². The Hall–Kier alpha value is -0.830. The highest BCUT2D eigenvalue weighted by Crippen LogP contribution is 2.32. The first-order chi connectivity index (χ1) is 7.66. The van der Waals surface area contributed by atoms with Crippen LogP contribution in [-0.2, 0) is 6.54 Å². The van der Waals surface area contributed by atoms with Gasteiger partial charge in [0.05, 0.1) is 33.3 Å². The molecule has 0 aliphatic carbocycles. The lowest BCUT2D eigenvalue weighted by Gasteiger charge is -2.08. The van der Waals surface area contributed by atoms with Crippen LogP contribution in [0.3, 0.4) is 0 Å². The molecule has 0 saturated heterocycles. The zero-order valence-electron chi connectivity index (χ0n) is 8.14. The summed E-state index contributed by atoms with van der Waals surface area (Å²) in [6, 6.07) is 5.19. The van der Waals surface area contributed by atoms with E-state index in [1.165, 1.54) is 0 Å². The van der Waals surface area contributed by atoms with Crippen molar-refractivity contribution in [3.05, 3.63) is 51.4 Å². The second kappa shape index (κ2) is 5.00. The van der Waals surface area contributed by atoms with Gasteiger partial charge in [-0.1, -0.05) is 34.8 Å². The Balaban J connectivity index is 2.12. The van der Waals surface area contributed by atoms with Crippen molar-refractivity contribution < 1.29 is 4.42 Å². The molecule has 1 aromatic carbocycles. The molecule has 2 aromatic rings. The van der Waals surface area contributed by atoms with Crippen LogP contribution in [0.5, 0.6) is 0 Å². The molecular formula is C11H8Cl3NO. The fourth-order valence-corrected chi connectivity index (χ4v) is 1.86. The fourth-order valence-electron chi connectivity index (χ4n) is 1.25. The summed E-state index contributed by atoms with van der Waals surface area (Å²) in [5.41, 5.74) is 1.78. The average molecular weight is 277 g/mol. The molecule has 0 aliphatic rings. The number of furan rings is 1. The molecular weight excluding hydrogens is 268 g/mol. The van der Waals surface area contributed by atoms with Crippen LogP contribution in [0.4, 0.5) is 5.69 Å². The Bertz CT molecular complexity index is 482. The van der Waals surface area contributed by atoms with Gasteiger partial charge in [-0.25, -0.2) is 0 Å². The molecule has 0 spiro atoms. The standard InChI is InChI=1S/C11H8Cl3NO/c12-8-3-10(14)11(4-9(8)13)15-5-7-1-2-16-6-7/h1-4,6,15H,5H2. The smallest absolute Gasteiger partial charge is 0.0952 e. The summed E-state index contributed by atoms with van der Waals surface area (Å²) in [5, 5.41) is 4.61. The van der Waals surface area contributed by atoms with E-state index in [9.17, 15) is 0 Å². The lowest BCUT2D eigenvalue weighted by molar-refractivity contribution is 0.564. The molecule has 1 N–H and O–H groups in total. The summed E-state index contributed by atoms with van der Waals surface area (Å²) >= 11 is 17.7. The van der Waals surface area contributed by atoms with Gasteiger partial charge in [0.2, 0.25) is 0 Å². The van der Waals surface area contributed by atoms with Crippen molar-refractivity contribution in [1.29, 1.82) is 0 Å². The van der Waals surface area contributed by atoms with Gasteiger partial charge in [0.1, 0.15) is 0 Å². The highest BCUT2D eigenvalue weighted by atomic mass is 35.5. The van der Waals surface area contributed by atoms with E-state index >= 15 is 0 Å². The van der Waals surface area contributed by atoms with Gasteiger partial charge in [-0.3, -0.25) is 0 Å². The van der Waals surface area contributed by atoms with Gasteiger partial charge in [-0.05, 0) is 18.2 Å². The van der Waals surface area contributed by atoms with Crippen LogP contribution >= 0.6 is 34.8 Å². The Morgan fingerprint density at radius 1 is 1.06 bits per heavy atom. The van der Waals surface area contributed by atoms with Crippen LogP contribution < -0.4 is 5.32 Å². The van der Waals surface area contributed by atoms with Crippen molar-refractivity contribution >= 4 is 40.5 Å². The minimum atomic E-state index is 0.445. The van der Waals surface area contributed by atoms with Crippen molar-refractivity contribution in [2.75, 3.05) is 5.32 Å². The van der Waals surface area contributed by atoms with Crippen molar-refractivity contribution in [2.24, 2.45) is 0 Å². The number of rotatable bonds is 3. The van der Waals surface area contributed by atoms with E-state index in [0.717, 1.165) is 11.3 Å². The Kier molecular flexibility index (Phi) is 3.64. The number of hydrogen-bond donors (Lipinski definition) is 1. The molecule has 0 saturated carbocycles. The molecule has 0 unspecified atom stereocenters. The monoisotopic (exact) mass is 275 g/mol. The van der Waals surface area contributed by atoms with E-state index in [-0.39, 0.29) is 0 Å². The Labute approximate surface area is 108 Å². The molecule has 0 atom stereocenters. The van der Waals surface area contributed by atoms with Crippen molar-refractivity contribution in [3.63, 3.8) is 0 Å². The number of anilines is 1. The largest absolute Gasteiger partial charge is 0.472 e. The maximum atomic E-state index is 6.01. The summed E-state index contributed by atoms with van der Waals surface area (Å²) in [4.78, 5) is 0. The second-order valence-electron chi connectivity index (χ2n) is 3.23. The molecule has 0 amide bonds. The molecule has 1 heterocycles. The third kappa shape index (κ3) is 2.64. The predicted molar refractivity (Wildman–Crippen MR) is 67.5 cm³/mol. The molecule has 0 bridgehead atoms. The molecule has 2 rings (SSSR count). The van der Waals surface area contributed by atoms with E-state index in [0.29, 0.717) is 21.6 Å². The van der Waals surface area contributed by atoms with Gasteiger partial charge in [-0.15, -0.1) is 0 Å². The molecule has 0 radical (unpaired) electrons. The van der Waals surface area contributed by atoms with Crippen molar-refractivity contribution in [3.8, 4) is 0 Å². The normalized spacial score (nSPS) is 10.4. The van der Waals surface area contributed by atoms with Crippen LogP contribution in [0.15, 0.2) is 35.1 Å². The van der Waals surface area contributed by atoms with Gasteiger partial charge in [0.25, 0.3) is 0 Å². The van der Waals surface area contributed by atoms with E-state index in [2.05, 4.69) is 5.32 Å². The van der Waals surface area contributed by atoms with Gasteiger partial charge >= 0.3 is 0 Å². The summed E-state index contributed by atoms with van der Waals surface area (Å²) < 4.78 is 4.96. The molecule has 16 heavy (non-hydrogen) atoms. The van der Waals surface area contributed by atoms with Crippen molar-refractivity contribution in [1.82, 2.24) is 0 Å². The summed E-state index contributed by atoms with van der Waals surface area (Å²) in [6.07, 6.45) is 3.28. The topological polar surface area (TPSA) is 25.2 Å². The highest BCUT2D eigenvalue weighted by Gasteiger charge is 2.05. The van der Waals surface area contributed by atoms with E-state index < -0.39 is 0 Å². The van der Waals surface area contributed by atoms with Gasteiger partial charge in [-0.2, -0.15) is 0 Å². The zero-order valence-corrected chi connectivity index (χ0v) is 10.4. The predicted octanol–water partition coefficient (Wildman–Crippen LogP) is 4.85. The Morgan fingerprint density at radius 3 is 2.50 bits per heavy atom. The minimum Gasteiger partial charge on any atom is -0.472 e. The summed E-state index contributed by atoms with van der Waals surface area (Å²) in [5.74, 6) is 0. The van der Waals surface area contributed by atoms with Crippen LogP contribution in [0.1, 0.15) is 5.56 Å². The number of benzene rings is 1. The van der Waals surface area contributed by atoms with Crippen LogP contribution in [-0.4, -0.2) is 0 Å². The van der Waals surface area contributed by atoms with E-state index in [4.69, 9.17) is 39.2 Å². The first kappa shape index (κ1) is 11.6. The van der Waals surface area contributed by atoms with E-state index in [1.807, 2.05) is 6.07 Å². The first-order valence-corrected chi connectivity index (χ1v) is 5.69. The maximum Gasteiger partial charge on any atom is 0.0952 e. The molecule has 1 aromatic heterocycles. The third-order valence-electron chi connectivity index (χ3n) is 2.07. The molecule has 2 nitrogen and oxygen atoms in total. The molecule has 5 heteroatoms. The first-order valence-electron chi connectivity index (χ1n) is 4.56. The second-order valence-corrected chi connectivity index (χ2v) is 4.45. The Morgan fingerprint density at radius 2 is 1.81 bits per heavy atom. The number of hydrogen-bond acceptors (Lipinski definition) is 2. The highest BCUT2D eigenvalue weighted by molar-refractivity contribution is 6.44. The molecule has 84 valence electrons. The van der Waals surface area contributed by atoms with E-state index in [1.54, 1.807) is 24.7 Å². The number of halogens is 3. The van der Waals surface area contributed by atoms with Gasteiger partial charge < -0.3 is 9.73 Å². The minimum absolute atomic E-state index is 0.445. The maximum absolute atomic E-state index is 6.01. The summed E-state index contributed by atoms with van der Waals surface area (Å²) in [6.45, 7) is 0.619. The van der Waals surface area contributed by atoms with Crippen LogP contribution in [0.2, 0.25) is 15.1 Å². The average Bonchev–Trinajstić information content (AvgIpc) is 2.74. The third-order valence-corrected chi connectivity index (χ3v) is 3.11. The van der Waals surface area contributed by atoms with Gasteiger partial charge in [0, 0.05) is 12.1 Å². The lowest BCUT2D eigenvalue weighted by Crippen LogP contribution is -1.98. The summed E-state index contributed by atoms with van der Waals surface area (Å²) in [7, 11) is 0. The SMILES string of the molecule is Clc1cc(Cl)c(NCc2ccoc2)cc1Cl. The van der Waals surface area contributed by atoms with Crippen LogP contribution in [0.25, 0.3) is 0 Å². The van der Waals surface area contributed by atoms with Crippen LogP contribution in [0, 0.1) is 0 Å². The van der Waals surface area contributed by atoms with Gasteiger partial charge in [0.15, 0.2) is 0 Å². The fraction of sp³-hybridized carbons (Fsp3) is 0.0909. The lowest BCUT2D eigenvalue weighted by atomic mass is 10.3. The number of nitrogens with one attached hydrogen (secondary N) is 1. The molecule has 0 fully saturated rings. The quantitative estimate of drug-likeness (QED) is 0.811. The molecule has 0 aliphatic heterocycles. The zero-order chi connectivity index (χ0) is 11.5.